The summed E-state index contributed by atoms with van der Waals surface area (Å²) < 4.78 is 5.18. The molecule has 1 aliphatic rings. The Balaban J connectivity index is 1.79. The van der Waals surface area contributed by atoms with Gasteiger partial charge in [-0.2, -0.15) is 0 Å². The second-order valence-corrected chi connectivity index (χ2v) is 4.53. The molecule has 2 heterocycles. The van der Waals surface area contributed by atoms with E-state index in [9.17, 15) is 4.79 Å². The first kappa shape index (κ1) is 12.1. The largest absolute Gasteiger partial charge is 0.475 e. The van der Waals surface area contributed by atoms with E-state index in [0.29, 0.717) is 18.3 Å². The zero-order valence-corrected chi connectivity index (χ0v) is 9.98. The lowest BCUT2D eigenvalue weighted by Crippen LogP contribution is -2.40. The summed E-state index contributed by atoms with van der Waals surface area (Å²) in [6.45, 7) is 2.81. The van der Waals surface area contributed by atoms with Gasteiger partial charge in [-0.15, -0.1) is 0 Å². The molecule has 1 aromatic rings. The van der Waals surface area contributed by atoms with Crippen molar-refractivity contribution in [1.82, 2.24) is 10.2 Å². The van der Waals surface area contributed by atoms with Gasteiger partial charge < -0.3 is 19.7 Å². The molecular formula is C12H18N2O3. The average Bonchev–Trinajstić information content (AvgIpc) is 2.77. The van der Waals surface area contributed by atoms with E-state index in [1.54, 1.807) is 6.07 Å². The van der Waals surface area contributed by atoms with Crippen LogP contribution >= 0.6 is 0 Å². The molecule has 1 saturated heterocycles. The molecule has 2 N–H and O–H groups in total. The molecule has 2 rings (SSSR count). The standard InChI is InChI=1S/C12H18N2O3/c1-14-6-4-9(5-7-14)13-8-10-2-3-11(17-10)12(15)16/h2-3,9,13H,4-8H2,1H3,(H,15,16). The first-order valence-corrected chi connectivity index (χ1v) is 5.89. The summed E-state index contributed by atoms with van der Waals surface area (Å²) in [6.07, 6.45) is 2.26. The SMILES string of the molecule is CN1CCC(NCc2ccc(C(=O)O)o2)CC1. The summed E-state index contributed by atoms with van der Waals surface area (Å²) in [7, 11) is 2.13. The van der Waals surface area contributed by atoms with Crippen molar-refractivity contribution in [3.63, 3.8) is 0 Å². The van der Waals surface area contributed by atoms with Crippen LogP contribution in [0.4, 0.5) is 0 Å². The van der Waals surface area contributed by atoms with E-state index in [0.717, 1.165) is 25.9 Å². The molecule has 0 unspecified atom stereocenters. The van der Waals surface area contributed by atoms with Crippen molar-refractivity contribution >= 4 is 5.97 Å². The van der Waals surface area contributed by atoms with Crippen LogP contribution in [0.2, 0.25) is 0 Å². The molecule has 1 aromatic heterocycles. The second kappa shape index (κ2) is 5.33. The van der Waals surface area contributed by atoms with Gasteiger partial charge in [-0.25, -0.2) is 4.79 Å². The molecule has 1 fully saturated rings. The van der Waals surface area contributed by atoms with Crippen LogP contribution in [0.1, 0.15) is 29.2 Å². The van der Waals surface area contributed by atoms with Crippen molar-refractivity contribution in [3.8, 4) is 0 Å². The maximum atomic E-state index is 10.6. The first-order valence-electron chi connectivity index (χ1n) is 5.89. The van der Waals surface area contributed by atoms with Crippen LogP contribution in [-0.4, -0.2) is 42.2 Å². The second-order valence-electron chi connectivity index (χ2n) is 4.53. The van der Waals surface area contributed by atoms with Crippen molar-refractivity contribution in [1.29, 1.82) is 0 Å². The van der Waals surface area contributed by atoms with Gasteiger partial charge in [-0.3, -0.25) is 0 Å². The maximum absolute atomic E-state index is 10.6. The fourth-order valence-electron chi connectivity index (χ4n) is 2.05. The molecule has 5 nitrogen and oxygen atoms in total. The lowest BCUT2D eigenvalue weighted by molar-refractivity contribution is 0.0660. The molecule has 0 aromatic carbocycles. The van der Waals surface area contributed by atoms with Crippen LogP contribution in [0.25, 0.3) is 0 Å². The van der Waals surface area contributed by atoms with Gasteiger partial charge in [0.2, 0.25) is 5.76 Å². The minimum absolute atomic E-state index is 0.00479. The highest BCUT2D eigenvalue weighted by molar-refractivity contribution is 5.84. The Morgan fingerprint density at radius 1 is 1.53 bits per heavy atom. The van der Waals surface area contributed by atoms with Gasteiger partial charge in [0.15, 0.2) is 0 Å². The summed E-state index contributed by atoms with van der Waals surface area (Å²) >= 11 is 0. The summed E-state index contributed by atoms with van der Waals surface area (Å²) in [6, 6.07) is 3.71. The molecule has 0 amide bonds. The van der Waals surface area contributed by atoms with Gasteiger partial charge in [0.05, 0.1) is 6.54 Å². The normalized spacial score (nSPS) is 18.4. The summed E-state index contributed by atoms with van der Waals surface area (Å²) in [4.78, 5) is 12.9. The third kappa shape index (κ3) is 3.31. The quantitative estimate of drug-likeness (QED) is 0.824. The Morgan fingerprint density at radius 3 is 2.82 bits per heavy atom. The van der Waals surface area contributed by atoms with Gasteiger partial charge in [0.1, 0.15) is 5.76 Å². The summed E-state index contributed by atoms with van der Waals surface area (Å²) in [5.74, 6) is -0.331. The van der Waals surface area contributed by atoms with Crippen LogP contribution in [0.15, 0.2) is 16.5 Å². The number of nitrogens with zero attached hydrogens (tertiary/aromatic N) is 1. The van der Waals surface area contributed by atoms with Crippen molar-refractivity contribution in [2.24, 2.45) is 0 Å². The van der Waals surface area contributed by atoms with Gasteiger partial charge in [-0.05, 0) is 45.1 Å². The predicted octanol–water partition coefficient (Wildman–Crippen LogP) is 1.16. The molecule has 17 heavy (non-hydrogen) atoms. The Hall–Kier alpha value is -1.33. The van der Waals surface area contributed by atoms with Gasteiger partial charge in [0.25, 0.3) is 0 Å². The zero-order valence-electron chi connectivity index (χ0n) is 9.98. The molecule has 0 spiro atoms. The number of piperidine rings is 1. The Kier molecular flexibility index (Phi) is 3.81. The van der Waals surface area contributed by atoms with E-state index in [2.05, 4.69) is 17.3 Å². The molecule has 0 radical (unpaired) electrons. The molecule has 5 heteroatoms. The molecule has 0 aliphatic carbocycles. The molecule has 94 valence electrons. The number of hydrogen-bond donors (Lipinski definition) is 2. The van der Waals surface area contributed by atoms with E-state index in [1.165, 1.54) is 6.07 Å². The highest BCUT2D eigenvalue weighted by Crippen LogP contribution is 2.11. The van der Waals surface area contributed by atoms with Crippen molar-refractivity contribution in [2.75, 3.05) is 20.1 Å². The lowest BCUT2D eigenvalue weighted by atomic mass is 10.1. The Labute approximate surface area is 100 Å². The Bertz CT molecular complexity index is 381. The number of carbonyl (C=O) groups is 1. The third-order valence-corrected chi connectivity index (χ3v) is 3.16. The number of likely N-dealkylation sites (tertiary alicyclic amines) is 1. The summed E-state index contributed by atoms with van der Waals surface area (Å²) in [5, 5.41) is 12.1. The smallest absolute Gasteiger partial charge is 0.371 e. The number of nitrogens with one attached hydrogen (secondary N) is 1. The first-order chi connectivity index (χ1) is 8.15. The number of rotatable bonds is 4. The van der Waals surface area contributed by atoms with E-state index >= 15 is 0 Å². The highest BCUT2D eigenvalue weighted by atomic mass is 16.4. The predicted molar refractivity (Wildman–Crippen MR) is 63.0 cm³/mol. The number of furan rings is 1. The molecule has 0 bridgehead atoms. The minimum Gasteiger partial charge on any atom is -0.475 e. The van der Waals surface area contributed by atoms with Crippen molar-refractivity contribution < 1.29 is 14.3 Å². The van der Waals surface area contributed by atoms with Crippen molar-refractivity contribution in [2.45, 2.75) is 25.4 Å². The highest BCUT2D eigenvalue weighted by Gasteiger charge is 2.16. The number of hydrogen-bond acceptors (Lipinski definition) is 4. The van der Waals surface area contributed by atoms with E-state index in [-0.39, 0.29) is 5.76 Å². The third-order valence-electron chi connectivity index (χ3n) is 3.16. The number of carboxylic acids is 1. The number of aromatic carboxylic acids is 1. The average molecular weight is 238 g/mol. The molecular weight excluding hydrogens is 220 g/mol. The van der Waals surface area contributed by atoms with Crippen LogP contribution in [-0.2, 0) is 6.54 Å². The van der Waals surface area contributed by atoms with E-state index < -0.39 is 5.97 Å². The van der Waals surface area contributed by atoms with E-state index in [4.69, 9.17) is 9.52 Å². The van der Waals surface area contributed by atoms with Crippen LogP contribution in [0.5, 0.6) is 0 Å². The number of carboxylic acid groups (broad SMARTS) is 1. The van der Waals surface area contributed by atoms with Gasteiger partial charge >= 0.3 is 5.97 Å². The maximum Gasteiger partial charge on any atom is 0.371 e. The lowest BCUT2D eigenvalue weighted by Gasteiger charge is -2.29. The van der Waals surface area contributed by atoms with Crippen molar-refractivity contribution in [3.05, 3.63) is 23.7 Å². The van der Waals surface area contributed by atoms with Crippen LogP contribution < -0.4 is 5.32 Å². The zero-order chi connectivity index (χ0) is 12.3. The molecule has 0 saturated carbocycles. The molecule has 1 aliphatic heterocycles. The van der Waals surface area contributed by atoms with Crippen LogP contribution in [0, 0.1) is 0 Å². The van der Waals surface area contributed by atoms with Gasteiger partial charge in [0, 0.05) is 6.04 Å². The minimum atomic E-state index is -1.02. The Morgan fingerprint density at radius 2 is 2.24 bits per heavy atom. The monoisotopic (exact) mass is 238 g/mol. The van der Waals surface area contributed by atoms with Crippen LogP contribution in [0.3, 0.4) is 0 Å². The van der Waals surface area contributed by atoms with E-state index in [1.807, 2.05) is 0 Å². The topological polar surface area (TPSA) is 65.7 Å². The molecule has 0 atom stereocenters. The fourth-order valence-corrected chi connectivity index (χ4v) is 2.05. The fraction of sp³-hybridized carbons (Fsp3) is 0.583. The van der Waals surface area contributed by atoms with Gasteiger partial charge in [-0.1, -0.05) is 0 Å². The summed E-state index contributed by atoms with van der Waals surface area (Å²) in [5.41, 5.74) is 0.